The Morgan fingerprint density at radius 3 is 3.00 bits per heavy atom. The van der Waals surface area contributed by atoms with Gasteiger partial charge in [-0.3, -0.25) is 4.90 Å². The first kappa shape index (κ1) is 12.6. The number of nitrogens with zero attached hydrogens (tertiary/aromatic N) is 3. The molecule has 0 amide bonds. The van der Waals surface area contributed by atoms with E-state index in [1.807, 2.05) is 6.26 Å². The molecule has 0 bridgehead atoms. The number of aryl methyl sites for hydroxylation is 1. The monoisotopic (exact) mass is 265 g/mol. The maximum absolute atomic E-state index is 5.70. The third-order valence-corrected chi connectivity index (χ3v) is 3.42. The fourth-order valence-electron chi connectivity index (χ4n) is 2.37. The highest BCUT2D eigenvalue weighted by Gasteiger charge is 2.30. The second kappa shape index (κ2) is 5.71. The van der Waals surface area contributed by atoms with Crippen molar-refractivity contribution in [3.05, 3.63) is 24.1 Å². The predicted molar refractivity (Wildman–Crippen MR) is 67.3 cm³/mol. The lowest BCUT2D eigenvalue weighted by Gasteiger charge is -2.40. The molecule has 0 spiro atoms. The summed E-state index contributed by atoms with van der Waals surface area (Å²) in [4.78, 5) is 2.35. The van der Waals surface area contributed by atoms with Crippen LogP contribution in [0, 0.1) is 6.92 Å². The molecule has 1 fully saturated rings. The van der Waals surface area contributed by atoms with Gasteiger partial charge in [0.05, 0.1) is 12.4 Å². The molecular weight excluding hydrogens is 246 g/mol. The summed E-state index contributed by atoms with van der Waals surface area (Å²) in [6.45, 7) is 5.08. The number of aromatic nitrogens is 2. The first-order valence-electron chi connectivity index (χ1n) is 6.73. The Kier molecular flexibility index (Phi) is 3.79. The van der Waals surface area contributed by atoms with Crippen molar-refractivity contribution in [2.45, 2.75) is 38.6 Å². The topological polar surface area (TPSA) is 60.6 Å². The molecule has 2 aliphatic heterocycles. The molecule has 0 saturated carbocycles. The van der Waals surface area contributed by atoms with Crippen molar-refractivity contribution in [3.8, 4) is 0 Å². The first-order chi connectivity index (χ1) is 9.29. The highest BCUT2D eigenvalue weighted by atomic mass is 16.5. The third kappa shape index (κ3) is 3.33. The summed E-state index contributed by atoms with van der Waals surface area (Å²) in [5.74, 6) is 1.13. The van der Waals surface area contributed by atoms with Crippen LogP contribution in [0.5, 0.6) is 0 Å². The maximum atomic E-state index is 5.70. The van der Waals surface area contributed by atoms with Gasteiger partial charge in [-0.2, -0.15) is 0 Å². The van der Waals surface area contributed by atoms with Gasteiger partial charge in [0.2, 0.25) is 11.8 Å². The van der Waals surface area contributed by atoms with Crippen LogP contribution in [0.25, 0.3) is 0 Å². The van der Waals surface area contributed by atoms with Gasteiger partial charge in [-0.05, 0) is 18.9 Å². The molecule has 1 aromatic heterocycles. The Labute approximate surface area is 112 Å². The van der Waals surface area contributed by atoms with Crippen molar-refractivity contribution >= 4 is 0 Å². The van der Waals surface area contributed by atoms with E-state index in [0.717, 1.165) is 32.5 Å². The summed E-state index contributed by atoms with van der Waals surface area (Å²) in [7, 11) is 0. The molecule has 1 unspecified atom stereocenters. The van der Waals surface area contributed by atoms with Crippen LogP contribution in [0.3, 0.4) is 0 Å². The second-order valence-corrected chi connectivity index (χ2v) is 5.07. The first-order valence-corrected chi connectivity index (χ1v) is 6.73. The van der Waals surface area contributed by atoms with E-state index in [1.165, 1.54) is 0 Å². The van der Waals surface area contributed by atoms with Gasteiger partial charge < -0.3 is 13.9 Å². The Hall–Kier alpha value is -1.40. The van der Waals surface area contributed by atoms with E-state index >= 15 is 0 Å². The molecule has 2 aliphatic rings. The average molecular weight is 265 g/mol. The SMILES string of the molecule is Cc1nnc(COC2CN(CC3CCC=CO3)C2)o1. The van der Waals surface area contributed by atoms with Crippen LogP contribution in [0.1, 0.15) is 24.6 Å². The minimum Gasteiger partial charge on any atom is -0.497 e. The quantitative estimate of drug-likeness (QED) is 0.799. The van der Waals surface area contributed by atoms with Crippen LogP contribution >= 0.6 is 0 Å². The summed E-state index contributed by atoms with van der Waals surface area (Å²) < 4.78 is 16.5. The van der Waals surface area contributed by atoms with Gasteiger partial charge in [0.15, 0.2) is 0 Å². The molecule has 0 aliphatic carbocycles. The molecule has 6 heteroatoms. The zero-order valence-corrected chi connectivity index (χ0v) is 11.1. The molecule has 0 radical (unpaired) electrons. The predicted octanol–water partition coefficient (Wildman–Crippen LogP) is 1.27. The van der Waals surface area contributed by atoms with Crippen LogP contribution in [-0.4, -0.2) is 46.9 Å². The average Bonchev–Trinajstić information content (AvgIpc) is 2.79. The lowest BCUT2D eigenvalue weighted by atomic mass is 10.1. The van der Waals surface area contributed by atoms with E-state index < -0.39 is 0 Å². The minimum absolute atomic E-state index is 0.270. The van der Waals surface area contributed by atoms with E-state index in [1.54, 1.807) is 6.92 Å². The fraction of sp³-hybridized carbons (Fsp3) is 0.692. The Balaban J connectivity index is 1.33. The smallest absolute Gasteiger partial charge is 0.242 e. The zero-order valence-electron chi connectivity index (χ0n) is 11.1. The van der Waals surface area contributed by atoms with Gasteiger partial charge >= 0.3 is 0 Å². The maximum Gasteiger partial charge on any atom is 0.242 e. The van der Waals surface area contributed by atoms with Crippen molar-refractivity contribution in [1.82, 2.24) is 15.1 Å². The number of hydrogen-bond acceptors (Lipinski definition) is 6. The zero-order chi connectivity index (χ0) is 13.1. The number of ether oxygens (including phenoxy) is 2. The number of likely N-dealkylation sites (tertiary alicyclic amines) is 1. The molecule has 6 nitrogen and oxygen atoms in total. The molecule has 19 heavy (non-hydrogen) atoms. The molecule has 1 aromatic rings. The van der Waals surface area contributed by atoms with Gasteiger partial charge in [-0.1, -0.05) is 0 Å². The van der Waals surface area contributed by atoms with Crippen molar-refractivity contribution in [1.29, 1.82) is 0 Å². The molecule has 104 valence electrons. The second-order valence-electron chi connectivity index (χ2n) is 5.07. The van der Waals surface area contributed by atoms with Crippen molar-refractivity contribution in [3.63, 3.8) is 0 Å². The molecule has 0 aromatic carbocycles. The molecule has 1 atom stereocenters. The van der Waals surface area contributed by atoms with Crippen LogP contribution in [0.15, 0.2) is 16.8 Å². The van der Waals surface area contributed by atoms with Crippen LogP contribution < -0.4 is 0 Å². The number of rotatable bonds is 5. The molecule has 3 rings (SSSR count). The van der Waals surface area contributed by atoms with Gasteiger partial charge in [-0.25, -0.2) is 0 Å². The largest absolute Gasteiger partial charge is 0.497 e. The highest BCUT2D eigenvalue weighted by molar-refractivity contribution is 4.88. The summed E-state index contributed by atoms with van der Waals surface area (Å²) in [5.41, 5.74) is 0. The van der Waals surface area contributed by atoms with Crippen LogP contribution in [0.2, 0.25) is 0 Å². The van der Waals surface area contributed by atoms with E-state index in [2.05, 4.69) is 21.2 Å². The van der Waals surface area contributed by atoms with Crippen molar-refractivity contribution < 1.29 is 13.9 Å². The third-order valence-electron chi connectivity index (χ3n) is 3.42. The van der Waals surface area contributed by atoms with Crippen LogP contribution in [0.4, 0.5) is 0 Å². The standard InChI is InChI=1S/C13H19N3O3/c1-10-14-15-13(19-10)9-18-12-7-16(8-12)6-11-4-2-3-5-17-11/h3,5,11-12H,2,4,6-9H2,1H3. The molecule has 3 heterocycles. The van der Waals surface area contributed by atoms with Gasteiger partial charge in [0.25, 0.3) is 0 Å². The molecule has 0 N–H and O–H groups in total. The van der Waals surface area contributed by atoms with Crippen molar-refractivity contribution in [2.24, 2.45) is 0 Å². The number of hydrogen-bond donors (Lipinski definition) is 0. The normalized spacial score (nSPS) is 24.2. The molecule has 1 saturated heterocycles. The van der Waals surface area contributed by atoms with E-state index in [-0.39, 0.29) is 6.10 Å². The highest BCUT2D eigenvalue weighted by Crippen LogP contribution is 2.18. The minimum atomic E-state index is 0.270. The summed E-state index contributed by atoms with van der Waals surface area (Å²) >= 11 is 0. The Bertz CT molecular complexity index is 440. The Morgan fingerprint density at radius 2 is 2.32 bits per heavy atom. The van der Waals surface area contributed by atoms with E-state index in [9.17, 15) is 0 Å². The lowest BCUT2D eigenvalue weighted by Crippen LogP contribution is -2.54. The van der Waals surface area contributed by atoms with Gasteiger partial charge in [-0.15, -0.1) is 10.2 Å². The van der Waals surface area contributed by atoms with E-state index in [0.29, 0.717) is 24.5 Å². The van der Waals surface area contributed by atoms with Gasteiger partial charge in [0.1, 0.15) is 12.7 Å². The van der Waals surface area contributed by atoms with Gasteiger partial charge in [0, 0.05) is 26.6 Å². The number of allylic oxidation sites excluding steroid dienone is 1. The summed E-state index contributed by atoms with van der Waals surface area (Å²) in [6.07, 6.45) is 6.73. The lowest BCUT2D eigenvalue weighted by molar-refractivity contribution is -0.0810. The Morgan fingerprint density at radius 1 is 1.42 bits per heavy atom. The van der Waals surface area contributed by atoms with Crippen LogP contribution in [-0.2, 0) is 16.1 Å². The fourth-order valence-corrected chi connectivity index (χ4v) is 2.37. The van der Waals surface area contributed by atoms with Crippen molar-refractivity contribution in [2.75, 3.05) is 19.6 Å². The van der Waals surface area contributed by atoms with E-state index in [4.69, 9.17) is 13.9 Å². The molecular formula is C13H19N3O3. The summed E-state index contributed by atoms with van der Waals surface area (Å²) in [5, 5.41) is 7.68. The summed E-state index contributed by atoms with van der Waals surface area (Å²) in [6, 6.07) is 0.